The highest BCUT2D eigenvalue weighted by atomic mass is 79.9. The van der Waals surface area contributed by atoms with Gasteiger partial charge in [0.25, 0.3) is 5.91 Å². The highest BCUT2D eigenvalue weighted by Crippen LogP contribution is 2.10. The molecule has 0 aromatic heterocycles. The minimum Gasteiger partial charge on any atom is -0.480 e. The zero-order chi connectivity index (χ0) is 18.9. The van der Waals surface area contributed by atoms with Gasteiger partial charge in [0, 0.05) is 23.0 Å². The van der Waals surface area contributed by atoms with E-state index in [2.05, 4.69) is 26.6 Å². The fourth-order valence-corrected chi connectivity index (χ4v) is 2.55. The zero-order valence-corrected chi connectivity index (χ0v) is 15.5. The first-order valence-electron chi connectivity index (χ1n) is 8.05. The van der Waals surface area contributed by atoms with Crippen LogP contribution >= 0.6 is 15.9 Å². The van der Waals surface area contributed by atoms with Crippen molar-refractivity contribution in [1.29, 1.82) is 0 Å². The summed E-state index contributed by atoms with van der Waals surface area (Å²) in [7, 11) is 0. The molecule has 2 aromatic rings. The number of nitrogens with one attached hydrogen (secondary N) is 2. The summed E-state index contributed by atoms with van der Waals surface area (Å²) in [4.78, 5) is 35.3. The van der Waals surface area contributed by atoms with E-state index in [1.54, 1.807) is 24.3 Å². The van der Waals surface area contributed by atoms with Crippen LogP contribution in [0.3, 0.4) is 0 Å². The van der Waals surface area contributed by atoms with Gasteiger partial charge in [0.2, 0.25) is 5.91 Å². The van der Waals surface area contributed by atoms with Gasteiger partial charge in [0.1, 0.15) is 6.04 Å². The predicted molar refractivity (Wildman–Crippen MR) is 101 cm³/mol. The number of carboxylic acids is 1. The van der Waals surface area contributed by atoms with Gasteiger partial charge in [-0.15, -0.1) is 0 Å². The Morgan fingerprint density at radius 1 is 1.00 bits per heavy atom. The van der Waals surface area contributed by atoms with Crippen LogP contribution in [-0.4, -0.2) is 28.9 Å². The second-order valence-corrected chi connectivity index (χ2v) is 6.60. The summed E-state index contributed by atoms with van der Waals surface area (Å²) in [5.41, 5.74) is 1.31. The van der Waals surface area contributed by atoms with Gasteiger partial charge in [-0.2, -0.15) is 0 Å². The average Bonchev–Trinajstić information content (AvgIpc) is 2.62. The van der Waals surface area contributed by atoms with E-state index in [1.165, 1.54) is 0 Å². The van der Waals surface area contributed by atoms with Crippen molar-refractivity contribution < 1.29 is 19.5 Å². The summed E-state index contributed by atoms with van der Waals surface area (Å²) in [6, 6.07) is 15.1. The lowest BCUT2D eigenvalue weighted by atomic mass is 10.1. The molecule has 2 rings (SSSR count). The van der Waals surface area contributed by atoms with Gasteiger partial charge in [0.15, 0.2) is 0 Å². The van der Waals surface area contributed by atoms with E-state index in [1.807, 2.05) is 30.3 Å². The van der Waals surface area contributed by atoms with Gasteiger partial charge < -0.3 is 10.4 Å². The molecule has 0 aliphatic carbocycles. The van der Waals surface area contributed by atoms with Crippen LogP contribution in [0.2, 0.25) is 0 Å². The van der Waals surface area contributed by atoms with Crippen molar-refractivity contribution in [3.8, 4) is 0 Å². The molecule has 7 heteroatoms. The summed E-state index contributed by atoms with van der Waals surface area (Å²) in [5.74, 6) is -2.05. The van der Waals surface area contributed by atoms with Crippen molar-refractivity contribution in [3.63, 3.8) is 0 Å². The number of carboxylic acid groups (broad SMARTS) is 1. The van der Waals surface area contributed by atoms with Crippen molar-refractivity contribution in [2.75, 3.05) is 0 Å². The Hall–Kier alpha value is -2.51. The topological polar surface area (TPSA) is 95.5 Å². The maximum atomic E-state index is 12.0. The number of halogens is 1. The van der Waals surface area contributed by atoms with Crippen molar-refractivity contribution in [3.05, 3.63) is 70.2 Å². The SMILES string of the molecule is O=C(CC[C@H](NCc1ccccc1)C(=O)O)NC(=O)c1ccc(Br)cc1. The molecule has 0 heterocycles. The Bertz CT molecular complexity index is 763. The third-order valence-electron chi connectivity index (χ3n) is 3.71. The first-order valence-corrected chi connectivity index (χ1v) is 8.85. The number of imide groups is 1. The molecule has 0 aliphatic rings. The number of carbonyl (C=O) groups excluding carboxylic acids is 2. The molecule has 2 amide bonds. The molecule has 136 valence electrons. The molecule has 0 aliphatic heterocycles. The molecular weight excluding hydrogens is 400 g/mol. The first kappa shape index (κ1) is 19.8. The normalized spacial score (nSPS) is 11.6. The Balaban J connectivity index is 1.82. The number of aliphatic carboxylic acids is 1. The minimum absolute atomic E-state index is 0.0684. The number of benzene rings is 2. The Morgan fingerprint density at radius 3 is 2.27 bits per heavy atom. The van der Waals surface area contributed by atoms with Crippen LogP contribution in [0.15, 0.2) is 59.1 Å². The predicted octanol–water partition coefficient (Wildman–Crippen LogP) is 2.73. The van der Waals surface area contributed by atoms with Gasteiger partial charge >= 0.3 is 5.97 Å². The highest BCUT2D eigenvalue weighted by molar-refractivity contribution is 9.10. The van der Waals surface area contributed by atoms with Gasteiger partial charge in [0.05, 0.1) is 0 Å². The molecule has 0 radical (unpaired) electrons. The summed E-state index contributed by atoms with van der Waals surface area (Å²) >= 11 is 3.27. The van der Waals surface area contributed by atoms with Crippen LogP contribution in [0, 0.1) is 0 Å². The zero-order valence-electron chi connectivity index (χ0n) is 13.9. The highest BCUT2D eigenvalue weighted by Gasteiger charge is 2.19. The maximum absolute atomic E-state index is 12.0. The van der Waals surface area contributed by atoms with Gasteiger partial charge in [-0.1, -0.05) is 46.3 Å². The summed E-state index contributed by atoms with van der Waals surface area (Å²) in [6.07, 6.45) is 0.0165. The van der Waals surface area contributed by atoms with E-state index >= 15 is 0 Å². The standard InChI is InChI=1S/C19H19BrN2O4/c20-15-8-6-14(7-9-15)18(24)22-17(23)11-10-16(19(25)26)21-12-13-4-2-1-3-5-13/h1-9,16,21H,10-12H2,(H,25,26)(H,22,23,24)/t16-/m0/s1. The van der Waals surface area contributed by atoms with E-state index in [0.29, 0.717) is 12.1 Å². The second-order valence-electron chi connectivity index (χ2n) is 5.68. The molecular formula is C19H19BrN2O4. The van der Waals surface area contributed by atoms with Crippen LogP contribution < -0.4 is 10.6 Å². The lowest BCUT2D eigenvalue weighted by Gasteiger charge is -2.14. The third-order valence-corrected chi connectivity index (χ3v) is 4.24. The molecule has 0 fully saturated rings. The molecule has 0 unspecified atom stereocenters. The van der Waals surface area contributed by atoms with E-state index < -0.39 is 23.8 Å². The van der Waals surface area contributed by atoms with Crippen LogP contribution in [0.5, 0.6) is 0 Å². The Labute approximate surface area is 159 Å². The summed E-state index contributed by atoms with van der Waals surface area (Å²) < 4.78 is 0.828. The van der Waals surface area contributed by atoms with Crippen LogP contribution in [-0.2, 0) is 16.1 Å². The largest absolute Gasteiger partial charge is 0.480 e. The quantitative estimate of drug-likeness (QED) is 0.612. The minimum atomic E-state index is -1.03. The Kier molecular flexibility index (Phi) is 7.50. The second kappa shape index (κ2) is 9.84. The van der Waals surface area contributed by atoms with E-state index in [9.17, 15) is 19.5 Å². The third kappa shape index (κ3) is 6.42. The molecule has 6 nitrogen and oxygen atoms in total. The number of amides is 2. The van der Waals surface area contributed by atoms with E-state index in [0.717, 1.165) is 10.0 Å². The van der Waals surface area contributed by atoms with Crippen LogP contribution in [0.4, 0.5) is 0 Å². The van der Waals surface area contributed by atoms with E-state index in [-0.39, 0.29) is 12.8 Å². The fraction of sp³-hybridized carbons (Fsp3) is 0.211. The smallest absolute Gasteiger partial charge is 0.320 e. The van der Waals surface area contributed by atoms with Crippen molar-refractivity contribution in [2.24, 2.45) is 0 Å². The Morgan fingerprint density at radius 2 is 1.65 bits per heavy atom. The molecule has 0 spiro atoms. The molecule has 26 heavy (non-hydrogen) atoms. The van der Waals surface area contributed by atoms with Crippen molar-refractivity contribution in [1.82, 2.24) is 10.6 Å². The monoisotopic (exact) mass is 418 g/mol. The van der Waals surface area contributed by atoms with Crippen molar-refractivity contribution >= 4 is 33.7 Å². The average molecular weight is 419 g/mol. The summed E-state index contributed by atoms with van der Waals surface area (Å²) in [5, 5.41) is 14.5. The van der Waals surface area contributed by atoms with Crippen LogP contribution in [0.1, 0.15) is 28.8 Å². The van der Waals surface area contributed by atoms with E-state index in [4.69, 9.17) is 0 Å². The number of hydrogen-bond acceptors (Lipinski definition) is 4. The maximum Gasteiger partial charge on any atom is 0.320 e. The lowest BCUT2D eigenvalue weighted by Crippen LogP contribution is -2.38. The number of hydrogen-bond donors (Lipinski definition) is 3. The van der Waals surface area contributed by atoms with Gasteiger partial charge in [-0.25, -0.2) is 0 Å². The number of rotatable bonds is 8. The van der Waals surface area contributed by atoms with Crippen LogP contribution in [0.25, 0.3) is 0 Å². The molecule has 0 saturated carbocycles. The molecule has 3 N–H and O–H groups in total. The number of carbonyl (C=O) groups is 3. The van der Waals surface area contributed by atoms with Gasteiger partial charge in [-0.05, 0) is 36.2 Å². The lowest BCUT2D eigenvalue weighted by molar-refractivity contribution is -0.139. The molecule has 1 atom stereocenters. The van der Waals surface area contributed by atoms with Gasteiger partial charge in [-0.3, -0.25) is 19.7 Å². The summed E-state index contributed by atoms with van der Waals surface area (Å²) in [6.45, 7) is 0.386. The van der Waals surface area contributed by atoms with Crippen molar-refractivity contribution in [2.45, 2.75) is 25.4 Å². The molecule has 0 bridgehead atoms. The first-order chi connectivity index (χ1) is 12.5. The molecule has 2 aromatic carbocycles. The molecule has 0 saturated heterocycles. The fourth-order valence-electron chi connectivity index (χ4n) is 2.29.